The number of ether oxygens (including phenoxy) is 2. The van der Waals surface area contributed by atoms with Crippen LogP contribution in [0.3, 0.4) is 0 Å². The van der Waals surface area contributed by atoms with Crippen molar-refractivity contribution in [3.05, 3.63) is 82.9 Å². The average molecular weight is 501 g/mol. The van der Waals surface area contributed by atoms with Crippen LogP contribution in [0.2, 0.25) is 5.02 Å². The van der Waals surface area contributed by atoms with Gasteiger partial charge in [0.1, 0.15) is 18.1 Å². The molecule has 0 aliphatic carbocycles. The van der Waals surface area contributed by atoms with Gasteiger partial charge in [0.05, 0.1) is 23.7 Å². The third kappa shape index (κ3) is 5.29. The van der Waals surface area contributed by atoms with Crippen LogP contribution in [0, 0.1) is 13.8 Å². The molecular weight excluding hydrogens is 476 g/mol. The van der Waals surface area contributed by atoms with E-state index in [2.05, 4.69) is 11.4 Å². The lowest BCUT2D eigenvalue weighted by molar-refractivity contribution is -0.127. The molecule has 7 nitrogen and oxygen atoms in total. The largest absolute Gasteiger partial charge is 0.492 e. The Balaban J connectivity index is 1.47. The molecule has 0 saturated heterocycles. The maximum absolute atomic E-state index is 13.4. The number of carbonyl (C=O) groups excluding carboxylic acids is 1. The highest BCUT2D eigenvalue weighted by atomic mass is 35.5. The summed E-state index contributed by atoms with van der Waals surface area (Å²) in [6.45, 7) is 4.29. The van der Waals surface area contributed by atoms with Crippen LogP contribution in [-0.2, 0) is 14.8 Å². The molecule has 0 unspecified atom stereocenters. The number of benzene rings is 3. The molecule has 0 radical (unpaired) electrons. The molecule has 1 amide bonds. The van der Waals surface area contributed by atoms with E-state index in [1.807, 2.05) is 26.0 Å². The summed E-state index contributed by atoms with van der Waals surface area (Å²) in [4.78, 5) is 13.0. The first-order valence-corrected chi connectivity index (χ1v) is 12.6. The summed E-state index contributed by atoms with van der Waals surface area (Å²) in [5.41, 5.74) is 2.47. The SMILES string of the molecule is Cc1cc(C)cc(OCCNC(=O)[C@@H]2CN(S(=O)(=O)c3ccccc3)c3cc(Cl)ccc3O2)c1. The van der Waals surface area contributed by atoms with Crippen LogP contribution in [0.4, 0.5) is 5.69 Å². The quantitative estimate of drug-likeness (QED) is 0.493. The number of hydrogen-bond acceptors (Lipinski definition) is 5. The Hall–Kier alpha value is -3.23. The molecule has 1 atom stereocenters. The molecule has 0 aromatic heterocycles. The van der Waals surface area contributed by atoms with Gasteiger partial charge in [-0.15, -0.1) is 0 Å². The van der Waals surface area contributed by atoms with Gasteiger partial charge in [-0.25, -0.2) is 8.42 Å². The number of sulfonamides is 1. The van der Waals surface area contributed by atoms with Gasteiger partial charge in [0.15, 0.2) is 6.10 Å². The van der Waals surface area contributed by atoms with Crippen molar-refractivity contribution in [2.45, 2.75) is 24.8 Å². The van der Waals surface area contributed by atoms with Gasteiger partial charge >= 0.3 is 0 Å². The lowest BCUT2D eigenvalue weighted by Crippen LogP contribution is -2.51. The summed E-state index contributed by atoms with van der Waals surface area (Å²) in [5, 5.41) is 3.13. The molecule has 0 saturated carbocycles. The third-order valence-electron chi connectivity index (χ3n) is 5.28. The summed E-state index contributed by atoms with van der Waals surface area (Å²) in [5.74, 6) is 0.561. The zero-order valence-corrected chi connectivity index (χ0v) is 20.4. The van der Waals surface area contributed by atoms with Crippen molar-refractivity contribution in [1.29, 1.82) is 0 Å². The topological polar surface area (TPSA) is 84.9 Å². The maximum atomic E-state index is 13.4. The molecule has 178 valence electrons. The molecule has 34 heavy (non-hydrogen) atoms. The molecule has 1 aliphatic rings. The van der Waals surface area contributed by atoms with Gasteiger partial charge < -0.3 is 14.8 Å². The molecule has 0 fully saturated rings. The highest BCUT2D eigenvalue weighted by Gasteiger charge is 2.37. The first kappa shape index (κ1) is 23.9. The molecule has 1 aliphatic heterocycles. The Bertz CT molecular complexity index is 1280. The van der Waals surface area contributed by atoms with E-state index in [9.17, 15) is 13.2 Å². The van der Waals surface area contributed by atoms with Gasteiger partial charge in [-0.05, 0) is 67.4 Å². The average Bonchev–Trinajstić information content (AvgIpc) is 2.81. The zero-order valence-electron chi connectivity index (χ0n) is 18.8. The van der Waals surface area contributed by atoms with Crippen molar-refractivity contribution in [2.24, 2.45) is 0 Å². The molecule has 0 spiro atoms. The molecule has 0 bridgehead atoms. The second-order valence-electron chi connectivity index (χ2n) is 8.03. The van der Waals surface area contributed by atoms with E-state index in [4.69, 9.17) is 21.1 Å². The first-order valence-electron chi connectivity index (χ1n) is 10.8. The van der Waals surface area contributed by atoms with Crippen molar-refractivity contribution >= 4 is 33.2 Å². The Labute approximate surface area is 204 Å². The van der Waals surface area contributed by atoms with Crippen molar-refractivity contribution in [3.63, 3.8) is 0 Å². The summed E-state index contributed by atoms with van der Waals surface area (Å²) >= 11 is 6.12. The fourth-order valence-corrected chi connectivity index (χ4v) is 5.44. The van der Waals surface area contributed by atoms with Gasteiger partial charge in [-0.2, -0.15) is 0 Å². The monoisotopic (exact) mass is 500 g/mol. The number of anilines is 1. The van der Waals surface area contributed by atoms with Crippen LogP contribution in [0.5, 0.6) is 11.5 Å². The second-order valence-corrected chi connectivity index (χ2v) is 10.3. The van der Waals surface area contributed by atoms with Crippen molar-refractivity contribution in [1.82, 2.24) is 5.32 Å². The van der Waals surface area contributed by atoms with Gasteiger partial charge in [0.2, 0.25) is 0 Å². The highest BCUT2D eigenvalue weighted by molar-refractivity contribution is 7.92. The number of nitrogens with zero attached hydrogens (tertiary/aromatic N) is 1. The van der Waals surface area contributed by atoms with Crippen LogP contribution >= 0.6 is 11.6 Å². The fourth-order valence-electron chi connectivity index (χ4n) is 3.78. The van der Waals surface area contributed by atoms with E-state index in [0.717, 1.165) is 16.9 Å². The van der Waals surface area contributed by atoms with Crippen LogP contribution in [-0.4, -0.2) is 40.1 Å². The number of halogens is 1. The third-order valence-corrected chi connectivity index (χ3v) is 7.31. The second kappa shape index (κ2) is 9.95. The number of nitrogens with one attached hydrogen (secondary N) is 1. The fraction of sp³-hybridized carbons (Fsp3) is 0.240. The predicted molar refractivity (Wildman–Crippen MR) is 131 cm³/mol. The lowest BCUT2D eigenvalue weighted by Gasteiger charge is -2.34. The molecule has 3 aromatic rings. The van der Waals surface area contributed by atoms with E-state index in [1.165, 1.54) is 22.5 Å². The van der Waals surface area contributed by atoms with Crippen LogP contribution in [0.15, 0.2) is 71.6 Å². The number of fused-ring (bicyclic) bond motifs is 1. The number of carbonyl (C=O) groups is 1. The zero-order chi connectivity index (χ0) is 24.3. The summed E-state index contributed by atoms with van der Waals surface area (Å²) in [6, 6.07) is 18.6. The van der Waals surface area contributed by atoms with Crippen LogP contribution in [0.1, 0.15) is 11.1 Å². The summed E-state index contributed by atoms with van der Waals surface area (Å²) in [7, 11) is -3.94. The van der Waals surface area contributed by atoms with E-state index in [0.29, 0.717) is 10.7 Å². The lowest BCUT2D eigenvalue weighted by atomic mass is 10.1. The molecule has 1 N–H and O–H groups in total. The Morgan fingerprint density at radius 1 is 1.09 bits per heavy atom. The minimum Gasteiger partial charge on any atom is -0.492 e. The normalized spacial score (nSPS) is 15.3. The molecule has 3 aromatic carbocycles. The van der Waals surface area contributed by atoms with Crippen molar-refractivity contribution in [3.8, 4) is 11.5 Å². The van der Waals surface area contributed by atoms with Gasteiger partial charge in [0, 0.05) is 5.02 Å². The molecular formula is C25H25ClN2O5S. The number of amides is 1. The summed E-state index contributed by atoms with van der Waals surface area (Å²) < 4.78 is 39.5. The molecule has 9 heteroatoms. The maximum Gasteiger partial charge on any atom is 0.264 e. The van der Waals surface area contributed by atoms with Crippen molar-refractivity contribution in [2.75, 3.05) is 24.0 Å². The Kier molecular flexibility index (Phi) is 7.00. The number of hydrogen-bond donors (Lipinski definition) is 1. The summed E-state index contributed by atoms with van der Waals surface area (Å²) in [6.07, 6.45) is -1.03. The number of aryl methyl sites for hydroxylation is 2. The predicted octanol–water partition coefficient (Wildman–Crippen LogP) is 4.11. The Morgan fingerprint density at radius 2 is 1.79 bits per heavy atom. The smallest absolute Gasteiger partial charge is 0.264 e. The van der Waals surface area contributed by atoms with E-state index >= 15 is 0 Å². The van der Waals surface area contributed by atoms with Crippen molar-refractivity contribution < 1.29 is 22.7 Å². The first-order chi connectivity index (χ1) is 16.2. The van der Waals surface area contributed by atoms with Gasteiger partial charge in [0.25, 0.3) is 15.9 Å². The van der Waals surface area contributed by atoms with E-state index in [1.54, 1.807) is 30.3 Å². The molecule has 4 rings (SSSR count). The minimum absolute atomic E-state index is 0.115. The van der Waals surface area contributed by atoms with Crippen LogP contribution < -0.4 is 19.1 Å². The van der Waals surface area contributed by atoms with Crippen LogP contribution in [0.25, 0.3) is 0 Å². The van der Waals surface area contributed by atoms with Gasteiger partial charge in [-0.1, -0.05) is 35.9 Å². The minimum atomic E-state index is -3.94. The number of rotatable bonds is 7. The van der Waals surface area contributed by atoms with E-state index < -0.39 is 22.0 Å². The highest BCUT2D eigenvalue weighted by Crippen LogP contribution is 2.38. The standard InChI is InChI=1S/C25H25ClN2O5S/c1-17-12-18(2)14-20(13-17)32-11-10-27-25(29)24-16-28(22-15-19(26)8-9-23(22)33-24)34(30,31)21-6-4-3-5-7-21/h3-9,12-15,24H,10-11,16H2,1-2H3,(H,27,29)/t24-/m0/s1. The Morgan fingerprint density at radius 3 is 2.50 bits per heavy atom. The van der Waals surface area contributed by atoms with E-state index in [-0.39, 0.29) is 30.3 Å². The molecule has 1 heterocycles. The van der Waals surface area contributed by atoms with Gasteiger partial charge in [-0.3, -0.25) is 9.10 Å².